The van der Waals surface area contributed by atoms with Crippen LogP contribution < -0.4 is 0 Å². The molecule has 23 heteroatoms. The van der Waals surface area contributed by atoms with E-state index in [4.69, 9.17) is 37.9 Å². The molecule has 8 rings (SSSR count). The molecular weight excluding hydrogens is 1000 g/mol. The Bertz CT molecular complexity index is 1970. The third-order valence-corrected chi connectivity index (χ3v) is 20.4. The normalized spacial score (nSPS) is 51.5. The van der Waals surface area contributed by atoms with Crippen LogP contribution in [0.5, 0.6) is 0 Å². The molecule has 440 valence electrons. The minimum Gasteiger partial charge on any atom is -0.394 e. The van der Waals surface area contributed by atoms with Crippen molar-refractivity contribution in [2.45, 2.75) is 247 Å². The van der Waals surface area contributed by atoms with Crippen LogP contribution in [-0.2, 0) is 37.9 Å². The second-order valence-corrected chi connectivity index (χ2v) is 25.4. The number of ether oxygens (including phenoxy) is 8. The topological polar surface area (TPSA) is 377 Å². The van der Waals surface area contributed by atoms with Crippen LogP contribution in [0.1, 0.15) is 107 Å². The average molecular weight is 1100 g/mol. The molecule has 0 aromatic rings. The zero-order valence-corrected chi connectivity index (χ0v) is 45.0. The van der Waals surface area contributed by atoms with E-state index in [9.17, 15) is 76.6 Å². The highest BCUT2D eigenvalue weighted by molar-refractivity contribution is 5.32. The molecule has 76 heavy (non-hydrogen) atoms. The summed E-state index contributed by atoms with van der Waals surface area (Å²) in [5, 5.41) is 161. The summed E-state index contributed by atoms with van der Waals surface area (Å²) >= 11 is 0. The fraction of sp³-hybridized carbons (Fsp3) is 0.962. The van der Waals surface area contributed by atoms with Crippen molar-refractivity contribution in [2.75, 3.05) is 26.4 Å². The van der Waals surface area contributed by atoms with Gasteiger partial charge in [0.05, 0.1) is 50.3 Å². The average Bonchev–Trinajstić information content (AvgIpc) is 3.88. The predicted molar refractivity (Wildman–Crippen MR) is 262 cm³/mol. The van der Waals surface area contributed by atoms with Gasteiger partial charge in [0, 0.05) is 10.8 Å². The van der Waals surface area contributed by atoms with Crippen LogP contribution >= 0.6 is 0 Å². The zero-order valence-electron chi connectivity index (χ0n) is 45.0. The molecule has 7 fully saturated rings. The summed E-state index contributed by atoms with van der Waals surface area (Å²) in [6.07, 6.45) is -24.8. The van der Waals surface area contributed by atoms with Crippen LogP contribution in [0.2, 0.25) is 0 Å². The predicted octanol–water partition coefficient (Wildman–Crippen LogP) is -2.59. The summed E-state index contributed by atoms with van der Waals surface area (Å²) in [5.41, 5.74) is -1.78. The summed E-state index contributed by atoms with van der Waals surface area (Å²) < 4.78 is 47.5. The highest BCUT2D eigenvalue weighted by Crippen LogP contribution is 2.75. The SMILES string of the molecule is C[C@H](CC[C@@H](O[C@@H]1OC[C@@H](O)[C@H](O)[C@H]1O[C@H]1O[C@@H](CO)[C@H](O[C@H]2O[C@@H](CO)[C@H](O)[C@@H](O)[C@@H]2O)[C@@H](O)[C@@H]1O)C(C)(C)O)C1CC[C@@]2(C)C3CC=C4C(CC[C@H](O[C@@H]5O[C@H](CO)[C@@H](O)[C@H](O)[C@H]5O)C4(C)C)[C@]3(C)[C@H](O)C[C@]12C. The minimum atomic E-state index is -1.97. The van der Waals surface area contributed by atoms with Crippen LogP contribution in [0.4, 0.5) is 0 Å². The second-order valence-electron chi connectivity index (χ2n) is 25.4. The van der Waals surface area contributed by atoms with E-state index >= 15 is 0 Å². The van der Waals surface area contributed by atoms with E-state index in [0.717, 1.165) is 19.3 Å². The number of aliphatic hydroxyl groups is 15. The number of hydrogen-bond donors (Lipinski definition) is 15. The fourth-order valence-corrected chi connectivity index (χ4v) is 15.4. The van der Waals surface area contributed by atoms with E-state index in [2.05, 4.69) is 47.6 Å². The Hall–Kier alpha value is -1.18. The first-order valence-electron chi connectivity index (χ1n) is 27.5. The maximum Gasteiger partial charge on any atom is 0.187 e. The van der Waals surface area contributed by atoms with Crippen LogP contribution in [0.3, 0.4) is 0 Å². The van der Waals surface area contributed by atoms with Gasteiger partial charge in [-0.05, 0) is 99.7 Å². The molecule has 29 atom stereocenters. The first kappa shape index (κ1) is 60.9. The molecule has 3 unspecified atom stereocenters. The Morgan fingerprint density at radius 2 is 1.16 bits per heavy atom. The van der Waals surface area contributed by atoms with Gasteiger partial charge < -0.3 is 114 Å². The molecule has 0 amide bonds. The number of fused-ring (bicyclic) bond motifs is 5. The van der Waals surface area contributed by atoms with Gasteiger partial charge >= 0.3 is 0 Å². The standard InChI is InChI=1S/C53H90O23/c1-22(23-15-16-51(6)30-12-10-24-25(53(30,8)31(58)17-52(23,51)7)11-14-32(49(24,2)3)73-45-40(65)37(62)35(60)27(18-54)70-45)9-13-33(50(4,5)68)74-48-44(34(59)26(57)21-69-48)76-47-42(67)39(64)43(29(20-56)72-47)75-46-41(66)38(63)36(61)28(19-55)71-46/h10,22-23,25-48,54-68H,9,11-21H2,1-8H3/t22-,23?,25?,26-,27-,28+,29+,30?,31-,32+,33-,34+,35-,36+,37+,38-,39+,40-,41+,42+,43+,44-,45+,46-,47-,48+,51+,52-,53+/m1/s1. The van der Waals surface area contributed by atoms with Gasteiger partial charge in [0.2, 0.25) is 0 Å². The number of rotatable bonds is 16. The van der Waals surface area contributed by atoms with E-state index in [0.29, 0.717) is 32.1 Å². The van der Waals surface area contributed by atoms with Crippen molar-refractivity contribution in [1.29, 1.82) is 0 Å². The van der Waals surface area contributed by atoms with Crippen molar-refractivity contribution in [2.24, 2.45) is 45.3 Å². The summed E-state index contributed by atoms with van der Waals surface area (Å²) in [5.74, 6) is 0.419. The van der Waals surface area contributed by atoms with Gasteiger partial charge in [-0.2, -0.15) is 0 Å². The fourth-order valence-electron chi connectivity index (χ4n) is 15.4. The van der Waals surface area contributed by atoms with Gasteiger partial charge in [-0.1, -0.05) is 53.2 Å². The number of allylic oxidation sites excluding steroid dienone is 1. The van der Waals surface area contributed by atoms with E-state index in [1.54, 1.807) is 13.8 Å². The van der Waals surface area contributed by atoms with E-state index in [1.807, 2.05) is 0 Å². The van der Waals surface area contributed by atoms with Gasteiger partial charge in [-0.3, -0.25) is 0 Å². The highest BCUT2D eigenvalue weighted by atomic mass is 16.8. The Balaban J connectivity index is 0.931. The third kappa shape index (κ3) is 10.5. The molecule has 4 aliphatic heterocycles. The maximum absolute atomic E-state index is 12.6. The van der Waals surface area contributed by atoms with Crippen LogP contribution in [-0.4, -0.2) is 244 Å². The molecule has 4 aliphatic carbocycles. The Morgan fingerprint density at radius 1 is 0.618 bits per heavy atom. The summed E-state index contributed by atoms with van der Waals surface area (Å²) in [7, 11) is 0. The molecule has 0 aromatic heterocycles. The Kier molecular flexibility index (Phi) is 18.3. The third-order valence-electron chi connectivity index (χ3n) is 20.4. The van der Waals surface area contributed by atoms with E-state index in [-0.39, 0.29) is 34.5 Å². The van der Waals surface area contributed by atoms with Crippen molar-refractivity contribution in [1.82, 2.24) is 0 Å². The lowest BCUT2D eigenvalue weighted by molar-refractivity contribution is -0.383. The summed E-state index contributed by atoms with van der Waals surface area (Å²) in [4.78, 5) is 0. The van der Waals surface area contributed by atoms with Crippen molar-refractivity contribution in [3.05, 3.63) is 11.6 Å². The van der Waals surface area contributed by atoms with Gasteiger partial charge in [-0.25, -0.2) is 0 Å². The van der Waals surface area contributed by atoms with Crippen molar-refractivity contribution in [3.8, 4) is 0 Å². The van der Waals surface area contributed by atoms with E-state index < -0.39 is 178 Å². The molecule has 0 radical (unpaired) electrons. The smallest absolute Gasteiger partial charge is 0.187 e. The van der Waals surface area contributed by atoms with Gasteiger partial charge in [-0.15, -0.1) is 0 Å². The van der Waals surface area contributed by atoms with Crippen molar-refractivity contribution >= 4 is 0 Å². The van der Waals surface area contributed by atoms with Gasteiger partial charge in [0.15, 0.2) is 25.2 Å². The lowest BCUT2D eigenvalue weighted by Crippen LogP contribution is -2.66. The molecule has 23 nitrogen and oxygen atoms in total. The quantitative estimate of drug-likeness (QED) is 0.0705. The second kappa shape index (κ2) is 22.9. The lowest BCUT2D eigenvalue weighted by Gasteiger charge is -2.67. The zero-order chi connectivity index (χ0) is 55.9. The van der Waals surface area contributed by atoms with Crippen molar-refractivity contribution in [3.63, 3.8) is 0 Å². The number of aliphatic hydroxyl groups excluding tert-OH is 14. The molecule has 15 N–H and O–H groups in total. The van der Waals surface area contributed by atoms with Gasteiger partial charge in [0.1, 0.15) is 91.6 Å². The molecule has 4 heterocycles. The Labute approximate surface area is 444 Å². The van der Waals surface area contributed by atoms with Crippen molar-refractivity contribution < 1.29 is 114 Å². The van der Waals surface area contributed by atoms with Crippen LogP contribution in [0, 0.1) is 45.3 Å². The summed E-state index contributed by atoms with van der Waals surface area (Å²) in [6, 6.07) is 0. The largest absolute Gasteiger partial charge is 0.394 e. The Morgan fingerprint density at radius 3 is 1.72 bits per heavy atom. The van der Waals surface area contributed by atoms with Crippen LogP contribution in [0.25, 0.3) is 0 Å². The molecule has 4 saturated heterocycles. The maximum atomic E-state index is 12.6. The molecule has 3 saturated carbocycles. The monoisotopic (exact) mass is 1090 g/mol. The molecule has 0 bridgehead atoms. The lowest BCUT2D eigenvalue weighted by atomic mass is 9.38. The minimum absolute atomic E-state index is 0.0352. The summed E-state index contributed by atoms with van der Waals surface area (Å²) in [6.45, 7) is 13.9. The first-order chi connectivity index (χ1) is 35.5. The van der Waals surface area contributed by atoms with Gasteiger partial charge in [0.25, 0.3) is 0 Å². The first-order valence-corrected chi connectivity index (χ1v) is 27.5. The number of hydrogen-bond acceptors (Lipinski definition) is 23. The van der Waals surface area contributed by atoms with Crippen LogP contribution in [0.15, 0.2) is 11.6 Å². The molecular formula is C53H90O23. The molecule has 0 spiro atoms. The molecule has 8 aliphatic rings. The van der Waals surface area contributed by atoms with E-state index in [1.165, 1.54) is 5.57 Å². The highest BCUT2D eigenvalue weighted by Gasteiger charge is 2.70. The molecule has 0 aromatic carbocycles.